The number of rotatable bonds is 3. The van der Waals surface area contributed by atoms with Crippen LogP contribution in [0.15, 0.2) is 6.33 Å². The SMILES string of the molecule is Cn1cnc(CN2CC(CO)CC2=O)n1. The summed E-state index contributed by atoms with van der Waals surface area (Å²) in [5.74, 6) is 0.784. The summed E-state index contributed by atoms with van der Waals surface area (Å²) in [5, 5.41) is 13.1. The summed E-state index contributed by atoms with van der Waals surface area (Å²) >= 11 is 0. The average Bonchev–Trinajstić information content (AvgIpc) is 2.75. The van der Waals surface area contributed by atoms with Crippen LogP contribution >= 0.6 is 0 Å². The lowest BCUT2D eigenvalue weighted by Crippen LogP contribution is -2.25. The Morgan fingerprint density at radius 2 is 2.47 bits per heavy atom. The lowest BCUT2D eigenvalue weighted by molar-refractivity contribution is -0.128. The zero-order chi connectivity index (χ0) is 10.8. The average molecular weight is 210 g/mol. The van der Waals surface area contributed by atoms with Gasteiger partial charge in [0.25, 0.3) is 0 Å². The molecule has 1 fully saturated rings. The van der Waals surface area contributed by atoms with E-state index in [1.54, 1.807) is 23.0 Å². The first-order valence-corrected chi connectivity index (χ1v) is 4.92. The smallest absolute Gasteiger partial charge is 0.223 e. The lowest BCUT2D eigenvalue weighted by atomic mass is 10.1. The van der Waals surface area contributed by atoms with Crippen molar-refractivity contribution in [2.45, 2.75) is 13.0 Å². The van der Waals surface area contributed by atoms with Crippen LogP contribution in [0.3, 0.4) is 0 Å². The maximum Gasteiger partial charge on any atom is 0.223 e. The summed E-state index contributed by atoms with van der Waals surface area (Å²) < 4.78 is 1.61. The molecule has 0 saturated carbocycles. The van der Waals surface area contributed by atoms with Gasteiger partial charge in [-0.05, 0) is 0 Å². The fraction of sp³-hybridized carbons (Fsp3) is 0.667. The summed E-state index contributed by atoms with van der Waals surface area (Å²) in [4.78, 5) is 17.3. The minimum absolute atomic E-state index is 0.0673. The van der Waals surface area contributed by atoms with E-state index in [4.69, 9.17) is 5.11 Å². The van der Waals surface area contributed by atoms with E-state index in [2.05, 4.69) is 10.1 Å². The molecule has 15 heavy (non-hydrogen) atoms. The molecule has 1 aliphatic heterocycles. The number of amides is 1. The van der Waals surface area contributed by atoms with Crippen molar-refractivity contribution < 1.29 is 9.90 Å². The highest BCUT2D eigenvalue weighted by atomic mass is 16.3. The van der Waals surface area contributed by atoms with Gasteiger partial charge >= 0.3 is 0 Å². The molecular formula is C9H14N4O2. The highest BCUT2D eigenvalue weighted by Crippen LogP contribution is 2.18. The first-order valence-electron chi connectivity index (χ1n) is 4.92. The zero-order valence-electron chi connectivity index (χ0n) is 8.63. The summed E-state index contributed by atoms with van der Waals surface area (Å²) in [6.07, 6.45) is 2.04. The van der Waals surface area contributed by atoms with Crippen LogP contribution in [0.4, 0.5) is 0 Å². The minimum Gasteiger partial charge on any atom is -0.396 e. The number of hydrogen-bond donors (Lipinski definition) is 1. The molecule has 6 nitrogen and oxygen atoms in total. The van der Waals surface area contributed by atoms with Gasteiger partial charge in [-0.1, -0.05) is 0 Å². The summed E-state index contributed by atoms with van der Waals surface area (Å²) in [6.45, 7) is 1.11. The van der Waals surface area contributed by atoms with Gasteiger partial charge < -0.3 is 10.0 Å². The van der Waals surface area contributed by atoms with Gasteiger partial charge in [0.15, 0.2) is 5.82 Å². The Morgan fingerprint density at radius 3 is 3.00 bits per heavy atom. The van der Waals surface area contributed by atoms with E-state index in [1.165, 1.54) is 0 Å². The van der Waals surface area contributed by atoms with Crippen LogP contribution in [-0.4, -0.2) is 43.8 Å². The van der Waals surface area contributed by atoms with Crippen molar-refractivity contribution in [1.82, 2.24) is 19.7 Å². The molecule has 1 amide bonds. The normalized spacial score (nSPS) is 21.3. The number of aryl methyl sites for hydroxylation is 1. The molecule has 0 spiro atoms. The van der Waals surface area contributed by atoms with Crippen LogP contribution in [-0.2, 0) is 18.4 Å². The second-order valence-electron chi connectivity index (χ2n) is 3.86. The number of hydrogen-bond acceptors (Lipinski definition) is 4. The topological polar surface area (TPSA) is 71.2 Å². The molecule has 1 aromatic heterocycles. The first-order chi connectivity index (χ1) is 7.19. The van der Waals surface area contributed by atoms with Crippen LogP contribution < -0.4 is 0 Å². The Hall–Kier alpha value is -1.43. The van der Waals surface area contributed by atoms with Crippen molar-refractivity contribution in [2.24, 2.45) is 13.0 Å². The molecule has 0 aliphatic carbocycles. The van der Waals surface area contributed by atoms with Gasteiger partial charge in [-0.25, -0.2) is 4.98 Å². The predicted octanol–water partition coefficient (Wildman–Crippen LogP) is -0.844. The van der Waals surface area contributed by atoms with Crippen LogP contribution in [0.1, 0.15) is 12.2 Å². The minimum atomic E-state index is 0.0673. The van der Waals surface area contributed by atoms with Crippen molar-refractivity contribution >= 4 is 5.91 Å². The Morgan fingerprint density at radius 1 is 1.67 bits per heavy atom. The number of carbonyl (C=O) groups is 1. The highest BCUT2D eigenvalue weighted by Gasteiger charge is 2.29. The molecule has 0 aromatic carbocycles. The summed E-state index contributed by atoms with van der Waals surface area (Å²) in [5.41, 5.74) is 0. The maximum atomic E-state index is 11.5. The molecule has 2 heterocycles. The Bertz CT molecular complexity index is 363. The number of aromatic nitrogens is 3. The maximum absolute atomic E-state index is 11.5. The third kappa shape index (κ3) is 2.15. The fourth-order valence-corrected chi connectivity index (χ4v) is 1.76. The molecule has 0 bridgehead atoms. The van der Waals surface area contributed by atoms with E-state index in [1.807, 2.05) is 0 Å². The van der Waals surface area contributed by atoms with Gasteiger partial charge in [0.1, 0.15) is 6.33 Å². The third-order valence-electron chi connectivity index (χ3n) is 2.53. The molecule has 0 radical (unpaired) electrons. The van der Waals surface area contributed by atoms with Gasteiger partial charge in [-0.15, -0.1) is 0 Å². The van der Waals surface area contributed by atoms with Gasteiger partial charge in [-0.2, -0.15) is 5.10 Å². The van der Waals surface area contributed by atoms with E-state index in [-0.39, 0.29) is 18.4 Å². The zero-order valence-corrected chi connectivity index (χ0v) is 8.63. The molecular weight excluding hydrogens is 196 g/mol. The van der Waals surface area contributed by atoms with Gasteiger partial charge in [-0.3, -0.25) is 9.48 Å². The van der Waals surface area contributed by atoms with Crippen molar-refractivity contribution in [3.8, 4) is 0 Å². The molecule has 6 heteroatoms. The largest absolute Gasteiger partial charge is 0.396 e. The van der Waals surface area contributed by atoms with Crippen molar-refractivity contribution in [3.05, 3.63) is 12.2 Å². The van der Waals surface area contributed by atoms with Crippen molar-refractivity contribution in [3.63, 3.8) is 0 Å². The Balaban J connectivity index is 1.98. The van der Waals surface area contributed by atoms with Crippen LogP contribution in [0.25, 0.3) is 0 Å². The van der Waals surface area contributed by atoms with E-state index < -0.39 is 0 Å². The number of likely N-dealkylation sites (tertiary alicyclic amines) is 1. The number of aliphatic hydroxyl groups is 1. The second-order valence-corrected chi connectivity index (χ2v) is 3.86. The summed E-state index contributed by atoms with van der Waals surface area (Å²) in [6, 6.07) is 0. The Kier molecular flexibility index (Phi) is 2.68. The molecule has 1 saturated heterocycles. The number of nitrogens with zero attached hydrogens (tertiary/aromatic N) is 4. The van der Waals surface area contributed by atoms with E-state index in [0.29, 0.717) is 25.3 Å². The van der Waals surface area contributed by atoms with Crippen LogP contribution in [0.2, 0.25) is 0 Å². The van der Waals surface area contributed by atoms with Crippen LogP contribution in [0.5, 0.6) is 0 Å². The van der Waals surface area contributed by atoms with E-state index >= 15 is 0 Å². The van der Waals surface area contributed by atoms with Crippen molar-refractivity contribution in [1.29, 1.82) is 0 Å². The highest BCUT2D eigenvalue weighted by molar-refractivity contribution is 5.78. The molecule has 2 rings (SSSR count). The van der Waals surface area contributed by atoms with E-state index in [0.717, 1.165) is 0 Å². The van der Waals surface area contributed by atoms with Gasteiger partial charge in [0.2, 0.25) is 5.91 Å². The quantitative estimate of drug-likeness (QED) is 0.706. The molecule has 1 atom stereocenters. The molecule has 82 valence electrons. The standard InChI is InChI=1S/C9H14N4O2/c1-12-6-10-8(11-12)4-13-3-7(5-14)2-9(13)15/h6-7,14H,2-5H2,1H3. The number of aliphatic hydroxyl groups excluding tert-OH is 1. The van der Waals surface area contributed by atoms with Gasteiger partial charge in [0.05, 0.1) is 6.54 Å². The Labute approximate surface area is 87.5 Å². The third-order valence-corrected chi connectivity index (χ3v) is 2.53. The first kappa shape index (κ1) is 10.1. The second kappa shape index (κ2) is 3.98. The molecule has 1 aliphatic rings. The van der Waals surface area contributed by atoms with E-state index in [9.17, 15) is 4.79 Å². The fourth-order valence-electron chi connectivity index (χ4n) is 1.76. The number of carbonyl (C=O) groups excluding carboxylic acids is 1. The molecule has 1 aromatic rings. The molecule has 1 unspecified atom stereocenters. The monoisotopic (exact) mass is 210 g/mol. The van der Waals surface area contributed by atoms with Gasteiger partial charge in [0, 0.05) is 32.5 Å². The summed E-state index contributed by atoms with van der Waals surface area (Å²) in [7, 11) is 1.79. The predicted molar refractivity (Wildman–Crippen MR) is 51.6 cm³/mol. The van der Waals surface area contributed by atoms with Crippen molar-refractivity contribution in [2.75, 3.05) is 13.2 Å². The van der Waals surface area contributed by atoms with Crippen LogP contribution in [0, 0.1) is 5.92 Å². The lowest BCUT2D eigenvalue weighted by Gasteiger charge is -2.13. The molecule has 1 N–H and O–H groups in total.